The number of nitrogens with one attached hydrogen (secondary N) is 1. The van der Waals surface area contributed by atoms with Crippen LogP contribution in [0.2, 0.25) is 0 Å². The first-order chi connectivity index (χ1) is 11.3. The lowest BCUT2D eigenvalue weighted by molar-refractivity contribution is 0.0161. The Morgan fingerprint density at radius 2 is 2.25 bits per heavy atom. The summed E-state index contributed by atoms with van der Waals surface area (Å²) in [5.41, 5.74) is 0.522. The highest BCUT2D eigenvalue weighted by Gasteiger charge is 2.27. The summed E-state index contributed by atoms with van der Waals surface area (Å²) in [6, 6.07) is 0.184. The SMILES string of the molecule is CC(NCCC1CCCN(C(=O)OC(C)(C)C)C1)c1cnccn1. The number of hydrogen-bond acceptors (Lipinski definition) is 5. The van der Waals surface area contributed by atoms with Crippen molar-refractivity contribution in [2.24, 2.45) is 5.92 Å². The molecule has 2 atom stereocenters. The number of likely N-dealkylation sites (tertiary alicyclic amines) is 1. The lowest BCUT2D eigenvalue weighted by Gasteiger charge is -2.34. The number of piperidine rings is 1. The third-order valence-corrected chi connectivity index (χ3v) is 4.20. The molecule has 1 N–H and O–H groups in total. The fraction of sp³-hybridized carbons (Fsp3) is 0.722. The smallest absolute Gasteiger partial charge is 0.410 e. The Hall–Kier alpha value is -1.69. The third-order valence-electron chi connectivity index (χ3n) is 4.20. The Kier molecular flexibility index (Phi) is 6.54. The zero-order valence-corrected chi connectivity index (χ0v) is 15.3. The molecule has 0 saturated carbocycles. The standard InChI is InChI=1S/C18H30N4O2/c1-14(16-12-19-9-10-21-16)20-8-7-15-6-5-11-22(13-15)17(23)24-18(2,3)4/h9-10,12,14-15,20H,5-8,11,13H2,1-4H3. The molecule has 1 aromatic heterocycles. The summed E-state index contributed by atoms with van der Waals surface area (Å²) in [6.45, 7) is 10.3. The second-order valence-electron chi connectivity index (χ2n) is 7.53. The van der Waals surface area contributed by atoms with Crippen molar-refractivity contribution in [3.05, 3.63) is 24.3 Å². The van der Waals surface area contributed by atoms with Gasteiger partial charge in [-0.15, -0.1) is 0 Å². The molecule has 1 aliphatic heterocycles. The van der Waals surface area contributed by atoms with E-state index < -0.39 is 5.60 Å². The highest BCUT2D eigenvalue weighted by atomic mass is 16.6. The van der Waals surface area contributed by atoms with Gasteiger partial charge in [0.05, 0.1) is 5.69 Å². The predicted octanol–water partition coefficient (Wildman–Crippen LogP) is 3.16. The van der Waals surface area contributed by atoms with E-state index >= 15 is 0 Å². The molecule has 6 heteroatoms. The van der Waals surface area contributed by atoms with Gasteiger partial charge in [0.2, 0.25) is 0 Å². The molecule has 0 spiro atoms. The highest BCUT2D eigenvalue weighted by molar-refractivity contribution is 5.68. The molecule has 1 aliphatic rings. The van der Waals surface area contributed by atoms with Crippen LogP contribution < -0.4 is 5.32 Å². The van der Waals surface area contributed by atoms with E-state index in [4.69, 9.17) is 4.74 Å². The summed E-state index contributed by atoms with van der Waals surface area (Å²) in [5.74, 6) is 0.521. The maximum atomic E-state index is 12.2. The van der Waals surface area contributed by atoms with Gasteiger partial charge in [-0.05, 0) is 59.4 Å². The quantitative estimate of drug-likeness (QED) is 0.896. The van der Waals surface area contributed by atoms with Gasteiger partial charge in [0, 0.05) is 37.7 Å². The Morgan fingerprint density at radius 3 is 2.92 bits per heavy atom. The topological polar surface area (TPSA) is 67.4 Å². The first-order valence-corrected chi connectivity index (χ1v) is 8.82. The maximum Gasteiger partial charge on any atom is 0.410 e. The molecule has 2 rings (SSSR count). The van der Waals surface area contributed by atoms with Crippen LogP contribution in [0, 0.1) is 5.92 Å². The fourth-order valence-corrected chi connectivity index (χ4v) is 2.94. The maximum absolute atomic E-state index is 12.2. The molecule has 1 fully saturated rings. The molecular weight excluding hydrogens is 304 g/mol. The molecule has 2 unspecified atom stereocenters. The number of ether oxygens (including phenoxy) is 1. The number of rotatable bonds is 5. The summed E-state index contributed by atoms with van der Waals surface area (Å²) >= 11 is 0. The van der Waals surface area contributed by atoms with Gasteiger partial charge in [-0.3, -0.25) is 9.97 Å². The van der Waals surface area contributed by atoms with Crippen LogP contribution in [0.4, 0.5) is 4.79 Å². The van der Waals surface area contributed by atoms with E-state index in [1.807, 2.05) is 25.7 Å². The van der Waals surface area contributed by atoms with Gasteiger partial charge in [0.1, 0.15) is 5.60 Å². The Balaban J connectivity index is 1.74. The van der Waals surface area contributed by atoms with Gasteiger partial charge in [-0.25, -0.2) is 4.79 Å². The second kappa shape index (κ2) is 8.42. The van der Waals surface area contributed by atoms with E-state index in [1.54, 1.807) is 18.6 Å². The Bertz CT molecular complexity index is 516. The first-order valence-electron chi connectivity index (χ1n) is 8.82. The van der Waals surface area contributed by atoms with Gasteiger partial charge >= 0.3 is 6.09 Å². The number of hydrogen-bond donors (Lipinski definition) is 1. The van der Waals surface area contributed by atoms with Crippen LogP contribution in [0.5, 0.6) is 0 Å². The van der Waals surface area contributed by atoms with Gasteiger partial charge in [0.25, 0.3) is 0 Å². The van der Waals surface area contributed by atoms with Crippen LogP contribution in [-0.4, -0.2) is 46.2 Å². The molecular formula is C18H30N4O2. The average Bonchev–Trinajstić information content (AvgIpc) is 2.54. The Morgan fingerprint density at radius 1 is 1.46 bits per heavy atom. The normalized spacial score (nSPS) is 19.8. The van der Waals surface area contributed by atoms with E-state index in [2.05, 4.69) is 22.2 Å². The summed E-state index contributed by atoms with van der Waals surface area (Å²) in [5, 5.41) is 3.49. The van der Waals surface area contributed by atoms with Crippen LogP contribution in [0.15, 0.2) is 18.6 Å². The molecule has 0 aromatic carbocycles. The first kappa shape index (κ1) is 18.6. The largest absolute Gasteiger partial charge is 0.444 e. The summed E-state index contributed by atoms with van der Waals surface area (Å²) in [4.78, 5) is 22.5. The van der Waals surface area contributed by atoms with Crippen LogP contribution >= 0.6 is 0 Å². The van der Waals surface area contributed by atoms with E-state index in [9.17, 15) is 4.79 Å². The minimum atomic E-state index is -0.433. The molecule has 0 radical (unpaired) electrons. The fourth-order valence-electron chi connectivity index (χ4n) is 2.94. The lowest BCUT2D eigenvalue weighted by Crippen LogP contribution is -2.43. The van der Waals surface area contributed by atoms with Crippen molar-refractivity contribution in [1.29, 1.82) is 0 Å². The third kappa shape index (κ3) is 6.07. The minimum Gasteiger partial charge on any atom is -0.444 e. The van der Waals surface area contributed by atoms with Crippen molar-refractivity contribution in [3.8, 4) is 0 Å². The number of aromatic nitrogens is 2. The van der Waals surface area contributed by atoms with E-state index in [0.717, 1.165) is 38.2 Å². The van der Waals surface area contributed by atoms with Crippen molar-refractivity contribution >= 4 is 6.09 Å². The van der Waals surface area contributed by atoms with Crippen LogP contribution in [0.3, 0.4) is 0 Å². The molecule has 1 aromatic rings. The van der Waals surface area contributed by atoms with Crippen LogP contribution in [0.25, 0.3) is 0 Å². The van der Waals surface area contributed by atoms with E-state index in [0.29, 0.717) is 5.92 Å². The highest BCUT2D eigenvalue weighted by Crippen LogP contribution is 2.21. The summed E-state index contributed by atoms with van der Waals surface area (Å²) < 4.78 is 5.48. The van der Waals surface area contributed by atoms with Gasteiger partial charge < -0.3 is 15.0 Å². The monoisotopic (exact) mass is 334 g/mol. The molecule has 1 amide bonds. The van der Waals surface area contributed by atoms with Crippen molar-refractivity contribution in [2.75, 3.05) is 19.6 Å². The predicted molar refractivity (Wildman–Crippen MR) is 93.6 cm³/mol. The van der Waals surface area contributed by atoms with Crippen molar-refractivity contribution in [2.45, 2.75) is 58.6 Å². The molecule has 134 valence electrons. The van der Waals surface area contributed by atoms with Gasteiger partial charge in [-0.1, -0.05) is 0 Å². The number of carbonyl (C=O) groups excluding carboxylic acids is 1. The van der Waals surface area contributed by atoms with Gasteiger partial charge in [0.15, 0.2) is 0 Å². The number of amides is 1. The van der Waals surface area contributed by atoms with Crippen molar-refractivity contribution in [1.82, 2.24) is 20.2 Å². The zero-order chi connectivity index (χ0) is 17.6. The molecule has 6 nitrogen and oxygen atoms in total. The minimum absolute atomic E-state index is 0.184. The lowest BCUT2D eigenvalue weighted by atomic mass is 9.95. The number of carbonyl (C=O) groups is 1. The van der Waals surface area contributed by atoms with Crippen molar-refractivity contribution < 1.29 is 9.53 Å². The average molecular weight is 334 g/mol. The van der Waals surface area contributed by atoms with E-state index in [-0.39, 0.29) is 12.1 Å². The van der Waals surface area contributed by atoms with Crippen molar-refractivity contribution in [3.63, 3.8) is 0 Å². The van der Waals surface area contributed by atoms with E-state index in [1.165, 1.54) is 6.42 Å². The molecule has 0 aliphatic carbocycles. The second-order valence-corrected chi connectivity index (χ2v) is 7.53. The zero-order valence-electron chi connectivity index (χ0n) is 15.3. The van der Waals surface area contributed by atoms with Crippen LogP contribution in [0.1, 0.15) is 58.7 Å². The molecule has 0 bridgehead atoms. The molecule has 1 saturated heterocycles. The summed E-state index contributed by atoms with van der Waals surface area (Å²) in [6.07, 6.45) is 8.26. The Labute approximate surface area is 145 Å². The van der Waals surface area contributed by atoms with Gasteiger partial charge in [-0.2, -0.15) is 0 Å². The molecule has 24 heavy (non-hydrogen) atoms. The van der Waals surface area contributed by atoms with Crippen LogP contribution in [-0.2, 0) is 4.74 Å². The number of nitrogens with zero attached hydrogens (tertiary/aromatic N) is 3. The molecule has 2 heterocycles. The summed E-state index contributed by atoms with van der Waals surface area (Å²) in [7, 11) is 0.